The summed E-state index contributed by atoms with van der Waals surface area (Å²) in [5, 5.41) is 11.0. The highest BCUT2D eigenvalue weighted by molar-refractivity contribution is 6.35. The standard InChI is InChI=1S/C24H29Cl2N3O6/c1-6-32-15-12-16(25)22(19(13-15)34-8-3)29-28-21(14(5)30)24(31)27-17-10-11-18(33-7-2)23(20(17)26)35-9-4/h10-13,21H,6-9H2,1-5H3,(H,27,31). The van der Waals surface area contributed by atoms with Crippen LogP contribution in [0.2, 0.25) is 10.0 Å². The molecule has 9 nitrogen and oxygen atoms in total. The normalized spacial score (nSPS) is 11.7. The molecule has 2 rings (SSSR count). The molecule has 190 valence electrons. The van der Waals surface area contributed by atoms with E-state index in [1.807, 2.05) is 13.8 Å². The first-order chi connectivity index (χ1) is 16.8. The number of Topliss-reactive ketones (excluding diaryl/α,β-unsaturated/α-hetero) is 1. The van der Waals surface area contributed by atoms with Crippen molar-refractivity contribution in [2.75, 3.05) is 31.7 Å². The maximum atomic E-state index is 12.9. The lowest BCUT2D eigenvalue weighted by Gasteiger charge is -2.16. The number of halogens is 2. The predicted octanol–water partition coefficient (Wildman–Crippen LogP) is 6.27. The van der Waals surface area contributed by atoms with E-state index in [4.69, 9.17) is 42.1 Å². The third-order valence-electron chi connectivity index (χ3n) is 4.43. The van der Waals surface area contributed by atoms with Crippen molar-refractivity contribution in [3.63, 3.8) is 0 Å². The third kappa shape index (κ3) is 7.47. The summed E-state index contributed by atoms with van der Waals surface area (Å²) in [5.74, 6) is 0.279. The monoisotopic (exact) mass is 525 g/mol. The summed E-state index contributed by atoms with van der Waals surface area (Å²) < 4.78 is 22.2. The maximum Gasteiger partial charge on any atom is 0.258 e. The van der Waals surface area contributed by atoms with Crippen LogP contribution in [-0.4, -0.2) is 44.2 Å². The van der Waals surface area contributed by atoms with Gasteiger partial charge in [-0.15, -0.1) is 5.11 Å². The lowest BCUT2D eigenvalue weighted by Crippen LogP contribution is -2.32. The molecule has 11 heteroatoms. The van der Waals surface area contributed by atoms with E-state index in [1.54, 1.807) is 38.1 Å². The van der Waals surface area contributed by atoms with Crippen molar-refractivity contribution in [2.24, 2.45) is 10.2 Å². The second-order valence-corrected chi connectivity index (χ2v) is 7.74. The number of amides is 1. The Balaban J connectivity index is 2.35. The van der Waals surface area contributed by atoms with E-state index >= 15 is 0 Å². The van der Waals surface area contributed by atoms with Gasteiger partial charge in [-0.2, -0.15) is 5.11 Å². The Morgan fingerprint density at radius 2 is 1.54 bits per heavy atom. The molecule has 0 aromatic heterocycles. The number of ether oxygens (including phenoxy) is 4. The molecule has 1 amide bonds. The van der Waals surface area contributed by atoms with Gasteiger partial charge in [-0.25, -0.2) is 0 Å². The van der Waals surface area contributed by atoms with Gasteiger partial charge in [-0.1, -0.05) is 23.2 Å². The lowest BCUT2D eigenvalue weighted by molar-refractivity contribution is -0.126. The molecule has 0 saturated carbocycles. The number of rotatable bonds is 13. The molecule has 0 aliphatic heterocycles. The van der Waals surface area contributed by atoms with Gasteiger partial charge in [-0.3, -0.25) is 9.59 Å². The summed E-state index contributed by atoms with van der Waals surface area (Å²) in [4.78, 5) is 25.2. The highest BCUT2D eigenvalue weighted by atomic mass is 35.5. The van der Waals surface area contributed by atoms with Crippen LogP contribution in [0.5, 0.6) is 23.0 Å². The van der Waals surface area contributed by atoms with Crippen molar-refractivity contribution in [1.82, 2.24) is 0 Å². The van der Waals surface area contributed by atoms with Crippen LogP contribution >= 0.6 is 23.2 Å². The number of carbonyl (C=O) groups is 2. The van der Waals surface area contributed by atoms with Gasteiger partial charge in [-0.05, 0) is 46.8 Å². The molecule has 0 spiro atoms. The zero-order valence-electron chi connectivity index (χ0n) is 20.3. The van der Waals surface area contributed by atoms with E-state index in [0.717, 1.165) is 0 Å². The Hall–Kier alpha value is -3.04. The largest absolute Gasteiger partial charge is 0.494 e. The second kappa shape index (κ2) is 13.7. The first-order valence-electron chi connectivity index (χ1n) is 11.2. The molecule has 2 aromatic carbocycles. The number of azo groups is 1. The minimum absolute atomic E-state index is 0.138. The summed E-state index contributed by atoms with van der Waals surface area (Å²) in [6, 6.07) is 4.89. The van der Waals surface area contributed by atoms with Gasteiger partial charge in [0.15, 0.2) is 23.0 Å². The summed E-state index contributed by atoms with van der Waals surface area (Å²) in [6.45, 7) is 10.0. The van der Waals surface area contributed by atoms with Crippen LogP contribution in [0.1, 0.15) is 34.6 Å². The van der Waals surface area contributed by atoms with Gasteiger partial charge < -0.3 is 24.3 Å². The van der Waals surface area contributed by atoms with E-state index in [-0.39, 0.29) is 27.2 Å². The minimum Gasteiger partial charge on any atom is -0.494 e. The number of carbonyl (C=O) groups excluding carboxylic acids is 2. The van der Waals surface area contributed by atoms with E-state index in [2.05, 4.69) is 15.5 Å². The summed E-state index contributed by atoms with van der Waals surface area (Å²) in [7, 11) is 0. The van der Waals surface area contributed by atoms with Crippen LogP contribution in [-0.2, 0) is 9.59 Å². The predicted molar refractivity (Wildman–Crippen MR) is 135 cm³/mol. The average Bonchev–Trinajstić information content (AvgIpc) is 2.80. The first-order valence-corrected chi connectivity index (χ1v) is 11.9. The lowest BCUT2D eigenvalue weighted by atomic mass is 10.2. The summed E-state index contributed by atoms with van der Waals surface area (Å²) in [6.07, 6.45) is 0. The number of nitrogens with one attached hydrogen (secondary N) is 1. The van der Waals surface area contributed by atoms with E-state index in [0.29, 0.717) is 43.7 Å². The van der Waals surface area contributed by atoms with Crippen molar-refractivity contribution >= 4 is 46.3 Å². The highest BCUT2D eigenvalue weighted by Gasteiger charge is 2.26. The fourth-order valence-corrected chi connectivity index (χ4v) is 3.48. The molecule has 0 radical (unpaired) electrons. The molecule has 0 heterocycles. The van der Waals surface area contributed by atoms with Gasteiger partial charge in [0, 0.05) is 12.1 Å². The molecule has 0 fully saturated rings. The van der Waals surface area contributed by atoms with Crippen LogP contribution in [0.3, 0.4) is 0 Å². The molecule has 35 heavy (non-hydrogen) atoms. The molecule has 0 aliphatic rings. The molecule has 0 aliphatic carbocycles. The maximum absolute atomic E-state index is 12.9. The van der Waals surface area contributed by atoms with Crippen LogP contribution in [0.15, 0.2) is 34.5 Å². The van der Waals surface area contributed by atoms with Gasteiger partial charge in [0.1, 0.15) is 16.5 Å². The smallest absolute Gasteiger partial charge is 0.258 e. The van der Waals surface area contributed by atoms with Crippen LogP contribution in [0.25, 0.3) is 0 Å². The van der Waals surface area contributed by atoms with Gasteiger partial charge >= 0.3 is 0 Å². The van der Waals surface area contributed by atoms with Gasteiger partial charge in [0.05, 0.1) is 37.1 Å². The van der Waals surface area contributed by atoms with Crippen molar-refractivity contribution in [1.29, 1.82) is 0 Å². The molecular weight excluding hydrogens is 497 g/mol. The minimum atomic E-state index is -1.45. The Morgan fingerprint density at radius 1 is 0.914 bits per heavy atom. The fraction of sp³-hybridized carbons (Fsp3) is 0.417. The number of ketones is 1. The van der Waals surface area contributed by atoms with Crippen molar-refractivity contribution in [3.05, 3.63) is 34.3 Å². The Bertz CT molecular complexity index is 1080. The van der Waals surface area contributed by atoms with Gasteiger partial charge in [0.2, 0.25) is 6.04 Å². The topological polar surface area (TPSA) is 108 Å². The quantitative estimate of drug-likeness (QED) is 0.244. The number of anilines is 1. The van der Waals surface area contributed by atoms with E-state index < -0.39 is 17.7 Å². The molecular formula is C24H29Cl2N3O6. The van der Waals surface area contributed by atoms with Crippen LogP contribution in [0, 0.1) is 0 Å². The Labute approximate surface area is 214 Å². The van der Waals surface area contributed by atoms with Crippen LogP contribution in [0.4, 0.5) is 11.4 Å². The highest BCUT2D eigenvalue weighted by Crippen LogP contribution is 2.41. The number of hydrogen-bond acceptors (Lipinski definition) is 8. The molecule has 1 unspecified atom stereocenters. The zero-order chi connectivity index (χ0) is 26.0. The molecule has 2 aromatic rings. The zero-order valence-corrected chi connectivity index (χ0v) is 21.8. The number of benzene rings is 2. The molecule has 0 saturated heterocycles. The van der Waals surface area contributed by atoms with Crippen molar-refractivity contribution in [3.8, 4) is 23.0 Å². The van der Waals surface area contributed by atoms with Gasteiger partial charge in [0.25, 0.3) is 5.91 Å². The Morgan fingerprint density at radius 3 is 2.14 bits per heavy atom. The SMILES string of the molecule is CCOc1cc(Cl)c(N=NC(C(C)=O)C(=O)Nc2ccc(OCC)c(OCC)c2Cl)c(OCC)c1. The number of hydrogen-bond donors (Lipinski definition) is 1. The average molecular weight is 526 g/mol. The first kappa shape index (κ1) is 28.2. The second-order valence-electron chi connectivity index (χ2n) is 6.96. The van der Waals surface area contributed by atoms with E-state index in [1.165, 1.54) is 6.92 Å². The number of nitrogens with zero attached hydrogens (tertiary/aromatic N) is 2. The van der Waals surface area contributed by atoms with Crippen molar-refractivity contribution in [2.45, 2.75) is 40.7 Å². The van der Waals surface area contributed by atoms with Crippen molar-refractivity contribution < 1.29 is 28.5 Å². The van der Waals surface area contributed by atoms with E-state index in [9.17, 15) is 9.59 Å². The summed E-state index contributed by atoms with van der Waals surface area (Å²) in [5.41, 5.74) is 0.410. The van der Waals surface area contributed by atoms with Crippen LogP contribution < -0.4 is 24.3 Å². The molecule has 1 atom stereocenters. The molecule has 0 bridgehead atoms. The molecule has 1 N–H and O–H groups in total. The third-order valence-corrected chi connectivity index (χ3v) is 5.09. The fourth-order valence-electron chi connectivity index (χ4n) is 2.98. The Kier molecular flexibility index (Phi) is 11.1. The summed E-state index contributed by atoms with van der Waals surface area (Å²) >= 11 is 12.8.